The lowest BCUT2D eigenvalue weighted by Crippen LogP contribution is -2.57. The number of Topliss-reactive ketones (excluding diaryl/α,β-unsaturated/α-hetero) is 1. The summed E-state index contributed by atoms with van der Waals surface area (Å²) in [6.07, 6.45) is 3.14. The molecule has 1 unspecified atom stereocenters. The molecule has 2 aliphatic heterocycles. The zero-order valence-electron chi connectivity index (χ0n) is 16.4. The number of ketones is 1. The molecule has 0 spiro atoms. The van der Waals surface area contributed by atoms with E-state index < -0.39 is 11.6 Å². The Morgan fingerprint density at radius 1 is 1.03 bits per heavy atom. The number of amides is 1. The van der Waals surface area contributed by atoms with Crippen molar-refractivity contribution in [2.45, 2.75) is 5.54 Å². The lowest BCUT2D eigenvalue weighted by atomic mass is 9.89. The SMILES string of the molecule is CSCC(=O)n1c2c(c3ccccc31)OC(=O)N1c3ccccc3C(=O)C21CSC. The van der Waals surface area contributed by atoms with Crippen LogP contribution in [0.1, 0.15) is 20.8 Å². The highest BCUT2D eigenvalue weighted by Gasteiger charge is 2.61. The molecule has 6 nitrogen and oxygen atoms in total. The van der Waals surface area contributed by atoms with Crippen molar-refractivity contribution in [3.8, 4) is 5.75 Å². The van der Waals surface area contributed by atoms with Crippen molar-refractivity contribution in [1.29, 1.82) is 0 Å². The van der Waals surface area contributed by atoms with E-state index >= 15 is 0 Å². The molecule has 0 saturated heterocycles. The first-order valence-corrected chi connectivity index (χ1v) is 12.2. The largest absolute Gasteiger partial charge is 0.421 e. The number of hydrogen-bond acceptors (Lipinski definition) is 6. The number of nitrogens with zero attached hydrogens (tertiary/aromatic N) is 2. The number of benzene rings is 2. The summed E-state index contributed by atoms with van der Waals surface area (Å²) in [7, 11) is 0. The highest BCUT2D eigenvalue weighted by Crippen LogP contribution is 2.54. The second kappa shape index (κ2) is 6.92. The average Bonchev–Trinajstić information content (AvgIpc) is 3.21. The number of rotatable bonds is 4. The van der Waals surface area contributed by atoms with E-state index in [4.69, 9.17) is 4.74 Å². The molecule has 30 heavy (non-hydrogen) atoms. The van der Waals surface area contributed by atoms with Crippen LogP contribution in [0.3, 0.4) is 0 Å². The summed E-state index contributed by atoms with van der Waals surface area (Å²) in [5, 5.41) is 0.652. The maximum absolute atomic E-state index is 13.9. The van der Waals surface area contributed by atoms with E-state index in [1.807, 2.05) is 36.8 Å². The van der Waals surface area contributed by atoms with E-state index in [0.717, 1.165) is 0 Å². The first-order chi connectivity index (χ1) is 14.6. The lowest BCUT2D eigenvalue weighted by Gasteiger charge is -2.40. The van der Waals surface area contributed by atoms with Crippen LogP contribution < -0.4 is 9.64 Å². The maximum Gasteiger partial charge on any atom is 0.421 e. The van der Waals surface area contributed by atoms with Crippen LogP contribution in [0.15, 0.2) is 48.5 Å². The van der Waals surface area contributed by atoms with Gasteiger partial charge in [-0.15, -0.1) is 0 Å². The van der Waals surface area contributed by atoms with Gasteiger partial charge in [-0.25, -0.2) is 4.79 Å². The zero-order valence-corrected chi connectivity index (χ0v) is 18.0. The van der Waals surface area contributed by atoms with Crippen molar-refractivity contribution in [2.24, 2.45) is 0 Å². The molecule has 1 amide bonds. The number of hydrogen-bond donors (Lipinski definition) is 0. The quantitative estimate of drug-likeness (QED) is 0.601. The van der Waals surface area contributed by atoms with Crippen LogP contribution in [0.5, 0.6) is 5.75 Å². The molecule has 152 valence electrons. The summed E-state index contributed by atoms with van der Waals surface area (Å²) in [5.74, 6) is 0.519. The summed E-state index contributed by atoms with van der Waals surface area (Å²) in [6, 6.07) is 14.4. The molecule has 3 heterocycles. The van der Waals surface area contributed by atoms with Crippen molar-refractivity contribution < 1.29 is 19.1 Å². The van der Waals surface area contributed by atoms with E-state index in [2.05, 4.69) is 0 Å². The molecule has 0 radical (unpaired) electrons. The Kier molecular flexibility index (Phi) is 4.44. The topological polar surface area (TPSA) is 68.6 Å². The van der Waals surface area contributed by atoms with Crippen LogP contribution >= 0.6 is 23.5 Å². The molecule has 0 bridgehead atoms. The van der Waals surface area contributed by atoms with E-state index in [9.17, 15) is 14.4 Å². The number of thioether (sulfide) groups is 2. The van der Waals surface area contributed by atoms with Crippen LogP contribution in [0.2, 0.25) is 0 Å². The third kappa shape index (κ3) is 2.31. The van der Waals surface area contributed by atoms with Crippen LogP contribution in [-0.4, -0.2) is 46.4 Å². The van der Waals surface area contributed by atoms with Crippen LogP contribution in [-0.2, 0) is 5.54 Å². The molecular weight excluding hydrogens is 420 g/mol. The lowest BCUT2D eigenvalue weighted by molar-refractivity contribution is 0.0877. The van der Waals surface area contributed by atoms with Gasteiger partial charge in [-0.05, 0) is 36.8 Å². The molecule has 0 N–H and O–H groups in total. The van der Waals surface area contributed by atoms with Gasteiger partial charge in [0, 0.05) is 16.7 Å². The van der Waals surface area contributed by atoms with Gasteiger partial charge in [-0.3, -0.25) is 19.1 Å². The molecule has 0 aliphatic carbocycles. The van der Waals surface area contributed by atoms with Gasteiger partial charge >= 0.3 is 6.09 Å². The fourth-order valence-corrected chi connectivity index (χ4v) is 5.72. The van der Waals surface area contributed by atoms with Gasteiger partial charge in [0.1, 0.15) is 5.69 Å². The van der Waals surface area contributed by atoms with E-state index in [1.165, 1.54) is 28.4 Å². The van der Waals surface area contributed by atoms with Crippen molar-refractivity contribution in [2.75, 3.05) is 28.9 Å². The van der Waals surface area contributed by atoms with Crippen molar-refractivity contribution >= 4 is 57.9 Å². The monoisotopic (exact) mass is 438 g/mol. The second-order valence-electron chi connectivity index (χ2n) is 7.20. The normalized spacial score (nSPS) is 19.5. The van der Waals surface area contributed by atoms with E-state index in [0.29, 0.717) is 39.4 Å². The average molecular weight is 439 g/mol. The van der Waals surface area contributed by atoms with Gasteiger partial charge in [0.25, 0.3) is 0 Å². The first kappa shape index (κ1) is 19.3. The molecular formula is C22H18N2O4S2. The fraction of sp³-hybridized carbons (Fsp3) is 0.227. The highest BCUT2D eigenvalue weighted by atomic mass is 32.2. The smallest absolute Gasteiger partial charge is 0.407 e. The van der Waals surface area contributed by atoms with Crippen molar-refractivity contribution in [3.63, 3.8) is 0 Å². The van der Waals surface area contributed by atoms with Crippen LogP contribution in [0.4, 0.5) is 10.5 Å². The molecule has 2 aromatic carbocycles. The van der Waals surface area contributed by atoms with E-state index in [1.54, 1.807) is 28.8 Å². The van der Waals surface area contributed by atoms with Crippen LogP contribution in [0.25, 0.3) is 10.9 Å². The Labute approximate surface area is 181 Å². The van der Waals surface area contributed by atoms with Crippen molar-refractivity contribution in [3.05, 3.63) is 59.8 Å². The van der Waals surface area contributed by atoms with Gasteiger partial charge in [-0.2, -0.15) is 23.5 Å². The maximum atomic E-state index is 13.9. The third-order valence-corrected chi connectivity index (χ3v) is 6.85. The van der Waals surface area contributed by atoms with Gasteiger partial charge in [0.05, 0.1) is 17.0 Å². The number of aromatic nitrogens is 1. The van der Waals surface area contributed by atoms with Gasteiger partial charge in [-0.1, -0.05) is 24.3 Å². The van der Waals surface area contributed by atoms with Crippen molar-refractivity contribution in [1.82, 2.24) is 4.57 Å². The molecule has 1 aromatic heterocycles. The Bertz CT molecular complexity index is 1240. The molecule has 5 rings (SSSR count). The number of ether oxygens (including phenoxy) is 1. The molecule has 1 atom stereocenters. The Hall–Kier alpha value is -2.71. The predicted molar refractivity (Wildman–Crippen MR) is 120 cm³/mol. The zero-order chi connectivity index (χ0) is 21.0. The molecule has 3 aromatic rings. The standard InChI is InChI=1S/C22H18N2O4S2/c1-29-11-17(25)23-15-9-5-3-7-13(15)18-19(23)22(12-30-2)20(26)14-8-4-6-10-16(14)24(22)21(27)28-18/h3-10H,11-12H2,1-2H3. The summed E-state index contributed by atoms with van der Waals surface area (Å²) in [4.78, 5) is 41.8. The van der Waals surface area contributed by atoms with Crippen LogP contribution in [0, 0.1) is 0 Å². The number of para-hydroxylation sites is 2. The highest BCUT2D eigenvalue weighted by molar-refractivity contribution is 7.99. The second-order valence-corrected chi connectivity index (χ2v) is 8.93. The summed E-state index contributed by atoms with van der Waals surface area (Å²) in [5.41, 5.74) is 0.728. The Balaban J connectivity index is 1.92. The minimum atomic E-state index is -1.33. The fourth-order valence-electron chi connectivity index (χ4n) is 4.53. The summed E-state index contributed by atoms with van der Waals surface area (Å²) < 4.78 is 7.37. The minimum Gasteiger partial charge on any atom is -0.407 e. The molecule has 2 aliphatic rings. The number of carbonyl (C=O) groups is 3. The Morgan fingerprint density at radius 3 is 2.53 bits per heavy atom. The van der Waals surface area contributed by atoms with E-state index in [-0.39, 0.29) is 17.4 Å². The number of anilines is 1. The Morgan fingerprint density at radius 2 is 1.77 bits per heavy atom. The summed E-state index contributed by atoms with van der Waals surface area (Å²) >= 11 is 2.87. The molecule has 8 heteroatoms. The number of carbonyl (C=O) groups excluding carboxylic acids is 3. The number of fused-ring (bicyclic) bond motifs is 7. The van der Waals surface area contributed by atoms with Gasteiger partial charge in [0.2, 0.25) is 5.91 Å². The molecule has 0 fully saturated rings. The first-order valence-electron chi connectivity index (χ1n) is 9.37. The summed E-state index contributed by atoms with van der Waals surface area (Å²) in [6.45, 7) is 0. The third-order valence-electron chi connectivity index (χ3n) is 5.61. The van der Waals surface area contributed by atoms with Gasteiger partial charge < -0.3 is 4.74 Å². The minimum absolute atomic E-state index is 0.151. The predicted octanol–water partition coefficient (Wildman–Crippen LogP) is 4.42. The molecule has 0 saturated carbocycles. The van der Waals surface area contributed by atoms with Gasteiger partial charge in [0.15, 0.2) is 17.1 Å².